The number of pyridine rings is 1. The Morgan fingerprint density at radius 1 is 1.09 bits per heavy atom. The van der Waals surface area contributed by atoms with Gasteiger partial charge in [-0.25, -0.2) is 9.48 Å². The first-order valence-electron chi connectivity index (χ1n) is 9.96. The van der Waals surface area contributed by atoms with Gasteiger partial charge in [-0.1, -0.05) is 12.1 Å². The average Bonchev–Trinajstić information content (AvgIpc) is 3.37. The molecule has 0 spiro atoms. The molecule has 34 heavy (non-hydrogen) atoms. The second-order valence-electron chi connectivity index (χ2n) is 7.55. The fourth-order valence-electron chi connectivity index (χ4n) is 4.10. The number of carbonyl (C=O) groups excluding carboxylic acids is 1. The van der Waals surface area contributed by atoms with Gasteiger partial charge in [0, 0.05) is 11.6 Å². The highest BCUT2D eigenvalue weighted by molar-refractivity contribution is 6.25. The Labute approximate surface area is 189 Å². The smallest absolute Gasteiger partial charge is 0.434 e. The zero-order chi connectivity index (χ0) is 24.2. The first-order chi connectivity index (χ1) is 16.2. The highest BCUT2D eigenvalue weighted by Crippen LogP contribution is 2.41. The van der Waals surface area contributed by atoms with E-state index in [9.17, 15) is 27.9 Å². The summed E-state index contributed by atoms with van der Waals surface area (Å²) in [6.07, 6.45) is -3.01. The topological polar surface area (TPSA) is 97.5 Å². The molecule has 0 radical (unpaired) electrons. The molecule has 1 aliphatic heterocycles. The van der Waals surface area contributed by atoms with Gasteiger partial charge < -0.3 is 14.7 Å². The summed E-state index contributed by atoms with van der Waals surface area (Å²) in [6.45, 7) is 0.227. The molecule has 5 rings (SSSR count). The Hall–Kier alpha value is -4.41. The zero-order valence-electron chi connectivity index (χ0n) is 17.5. The number of benzene rings is 2. The maximum Gasteiger partial charge on any atom is 0.434 e. The van der Waals surface area contributed by atoms with Gasteiger partial charge in [0.15, 0.2) is 5.69 Å². The second-order valence-corrected chi connectivity index (χ2v) is 7.55. The summed E-state index contributed by atoms with van der Waals surface area (Å²) >= 11 is 0. The minimum Gasteiger partial charge on any atom is -0.497 e. The van der Waals surface area contributed by atoms with Crippen LogP contribution in [0.5, 0.6) is 5.75 Å². The van der Waals surface area contributed by atoms with Crippen molar-refractivity contribution in [2.75, 3.05) is 12.0 Å². The number of alkyl halides is 3. The molecule has 1 N–H and O–H groups in total. The number of hydrogen-bond acceptors (Lipinski definition) is 5. The maximum atomic E-state index is 13.8. The average molecular weight is 468 g/mol. The lowest BCUT2D eigenvalue weighted by Gasteiger charge is -2.19. The molecule has 0 atom stereocenters. The molecule has 1 amide bonds. The van der Waals surface area contributed by atoms with Crippen molar-refractivity contribution in [3.05, 3.63) is 77.2 Å². The van der Waals surface area contributed by atoms with E-state index in [1.54, 1.807) is 19.2 Å². The van der Waals surface area contributed by atoms with Crippen molar-refractivity contribution in [1.29, 1.82) is 0 Å². The van der Waals surface area contributed by atoms with Crippen molar-refractivity contribution in [2.24, 2.45) is 0 Å². The molecule has 8 nitrogen and oxygen atoms in total. The van der Waals surface area contributed by atoms with Crippen LogP contribution < -0.4 is 9.64 Å². The highest BCUT2D eigenvalue weighted by Gasteiger charge is 2.41. The number of rotatable bonds is 5. The van der Waals surface area contributed by atoms with E-state index >= 15 is 0 Å². The number of hydrogen-bond donors (Lipinski definition) is 1. The Morgan fingerprint density at radius 3 is 2.44 bits per heavy atom. The number of amides is 1. The Morgan fingerprint density at radius 2 is 1.79 bits per heavy atom. The van der Waals surface area contributed by atoms with E-state index in [0.717, 1.165) is 5.56 Å². The summed E-state index contributed by atoms with van der Waals surface area (Å²) in [5.41, 5.74) is -0.790. The highest BCUT2D eigenvalue weighted by atomic mass is 19.4. The Bertz CT molecular complexity index is 1460. The first kappa shape index (κ1) is 21.4. The van der Waals surface area contributed by atoms with Crippen molar-refractivity contribution in [3.63, 3.8) is 0 Å². The molecule has 0 unspecified atom stereocenters. The van der Waals surface area contributed by atoms with Crippen molar-refractivity contribution < 1.29 is 32.6 Å². The standard InChI is InChI=1S/C23H15F3N4O4/c1-34-13-4-2-12(3-5-13)11-29-16-6-7-17(19-18(16)14(21(29)31)8-9-27-19)30-20(23(24,25)26)15(10-28-30)22(32)33/h2-10H,11H2,1H3,(H,32,33). The summed E-state index contributed by atoms with van der Waals surface area (Å²) in [6, 6.07) is 11.5. The minimum absolute atomic E-state index is 0.0838. The third-order valence-electron chi connectivity index (χ3n) is 5.61. The van der Waals surface area contributed by atoms with Crippen LogP contribution in [0.4, 0.5) is 18.9 Å². The van der Waals surface area contributed by atoms with Crippen LogP contribution in [0.1, 0.15) is 32.0 Å². The Kier molecular flexibility index (Phi) is 4.78. The number of carbonyl (C=O) groups is 2. The predicted octanol–water partition coefficient (Wildman–Crippen LogP) is 4.31. The third kappa shape index (κ3) is 3.24. The number of methoxy groups -OCH3 is 1. The number of halogens is 3. The van der Waals surface area contributed by atoms with E-state index in [1.807, 2.05) is 12.1 Å². The van der Waals surface area contributed by atoms with Gasteiger partial charge in [0.25, 0.3) is 5.91 Å². The van der Waals surface area contributed by atoms with Crippen molar-refractivity contribution in [3.8, 4) is 11.4 Å². The third-order valence-corrected chi connectivity index (χ3v) is 5.61. The van der Waals surface area contributed by atoms with Crippen molar-refractivity contribution in [2.45, 2.75) is 12.7 Å². The number of carboxylic acid groups (broad SMARTS) is 1. The summed E-state index contributed by atoms with van der Waals surface area (Å²) in [5, 5.41) is 13.3. The molecule has 0 saturated heterocycles. The molecule has 0 saturated carbocycles. The molecule has 4 aromatic rings. The van der Waals surface area contributed by atoms with Gasteiger partial charge in [0.05, 0.1) is 42.3 Å². The van der Waals surface area contributed by atoms with E-state index in [2.05, 4.69) is 10.1 Å². The number of aromatic carboxylic acids is 1. The van der Waals surface area contributed by atoms with Gasteiger partial charge in [-0.15, -0.1) is 0 Å². The number of aromatic nitrogens is 3. The normalized spacial score (nSPS) is 13.1. The zero-order valence-corrected chi connectivity index (χ0v) is 17.5. The lowest BCUT2D eigenvalue weighted by Crippen LogP contribution is -2.26. The summed E-state index contributed by atoms with van der Waals surface area (Å²) < 4.78 is 47.0. The number of anilines is 1. The fraction of sp³-hybridized carbons (Fsp3) is 0.130. The summed E-state index contributed by atoms with van der Waals surface area (Å²) in [7, 11) is 1.55. The minimum atomic E-state index is -4.98. The molecule has 0 fully saturated rings. The van der Waals surface area contributed by atoms with Crippen LogP contribution in [0.15, 0.2) is 54.9 Å². The van der Waals surface area contributed by atoms with Gasteiger partial charge in [-0.05, 0) is 35.9 Å². The molecule has 0 aliphatic carbocycles. The summed E-state index contributed by atoms with van der Waals surface area (Å²) in [4.78, 5) is 30.3. The molecule has 172 valence electrons. The van der Waals surface area contributed by atoms with Crippen LogP contribution in [-0.4, -0.2) is 38.9 Å². The van der Waals surface area contributed by atoms with E-state index < -0.39 is 23.4 Å². The van der Waals surface area contributed by atoms with E-state index in [4.69, 9.17) is 4.74 Å². The molecule has 3 heterocycles. The van der Waals surface area contributed by atoms with Gasteiger partial charge in [0.1, 0.15) is 11.3 Å². The fourth-order valence-corrected chi connectivity index (χ4v) is 4.10. The lowest BCUT2D eigenvalue weighted by atomic mass is 10.1. The maximum absolute atomic E-state index is 13.8. The number of ether oxygens (including phenoxy) is 1. The second kappa shape index (κ2) is 7.58. The quantitative estimate of drug-likeness (QED) is 0.469. The van der Waals surface area contributed by atoms with Crippen molar-refractivity contribution >= 4 is 28.5 Å². The van der Waals surface area contributed by atoms with Crippen molar-refractivity contribution in [1.82, 2.24) is 14.8 Å². The van der Waals surface area contributed by atoms with Gasteiger partial charge in [0.2, 0.25) is 0 Å². The molecular weight excluding hydrogens is 453 g/mol. The largest absolute Gasteiger partial charge is 0.497 e. The SMILES string of the molecule is COc1ccc(CN2C(=O)c3ccnc4c(-n5ncc(C(=O)O)c5C(F)(F)F)ccc2c34)cc1. The molecule has 1 aliphatic rings. The Balaban J connectivity index is 1.65. The van der Waals surface area contributed by atoms with E-state index in [0.29, 0.717) is 27.7 Å². The van der Waals surface area contributed by atoms with Crippen LogP contribution >= 0.6 is 0 Å². The van der Waals surface area contributed by atoms with Gasteiger partial charge in [-0.3, -0.25) is 9.78 Å². The first-order valence-corrected chi connectivity index (χ1v) is 9.96. The van der Waals surface area contributed by atoms with Gasteiger partial charge in [-0.2, -0.15) is 18.3 Å². The monoisotopic (exact) mass is 468 g/mol. The van der Waals surface area contributed by atoms with E-state index in [-0.39, 0.29) is 29.2 Å². The van der Waals surface area contributed by atoms with Crippen LogP contribution in [-0.2, 0) is 12.7 Å². The van der Waals surface area contributed by atoms with Crippen LogP contribution in [0.3, 0.4) is 0 Å². The lowest BCUT2D eigenvalue weighted by molar-refractivity contribution is -0.143. The molecule has 2 aromatic carbocycles. The van der Waals surface area contributed by atoms with Gasteiger partial charge >= 0.3 is 12.1 Å². The van der Waals surface area contributed by atoms with Crippen LogP contribution in [0.2, 0.25) is 0 Å². The number of carboxylic acids is 1. The van der Waals surface area contributed by atoms with E-state index in [1.165, 1.54) is 29.3 Å². The van der Waals surface area contributed by atoms with Crippen LogP contribution in [0.25, 0.3) is 16.6 Å². The molecule has 0 bridgehead atoms. The molecule has 2 aromatic heterocycles. The molecular formula is C23H15F3N4O4. The summed E-state index contributed by atoms with van der Waals surface area (Å²) in [5.74, 6) is -1.41. The number of nitrogens with zero attached hydrogens (tertiary/aromatic N) is 4. The molecule has 11 heteroatoms. The predicted molar refractivity (Wildman–Crippen MR) is 114 cm³/mol. The van der Waals surface area contributed by atoms with Crippen LogP contribution in [0, 0.1) is 0 Å².